The van der Waals surface area contributed by atoms with Crippen molar-refractivity contribution in [3.8, 4) is 0 Å². The summed E-state index contributed by atoms with van der Waals surface area (Å²) >= 11 is 0. The minimum absolute atomic E-state index is 0.0139. The second kappa shape index (κ2) is 15.1. The van der Waals surface area contributed by atoms with Crippen molar-refractivity contribution in [3.05, 3.63) is 193 Å². The fourth-order valence-electron chi connectivity index (χ4n) is 13.1. The molecular weight excluding hydrogens is 741 g/mol. The van der Waals surface area contributed by atoms with Gasteiger partial charge in [-0.25, -0.2) is 0 Å². The van der Waals surface area contributed by atoms with Crippen molar-refractivity contribution in [2.75, 3.05) is 9.80 Å². The predicted molar refractivity (Wildman–Crippen MR) is 253 cm³/mol. The molecule has 0 radical (unpaired) electrons. The Hall–Kier alpha value is -6.06. The molecule has 1 aromatic heterocycles. The topological polar surface area (TPSA) is 19.6 Å². The zero-order valence-electron chi connectivity index (χ0n) is 35.0. The Balaban J connectivity index is 0.968. The second-order valence-electron chi connectivity index (χ2n) is 18.8. The summed E-state index contributed by atoms with van der Waals surface area (Å²) < 4.78 is 6.72. The number of anilines is 6. The Labute approximate surface area is 360 Å². The molecule has 5 aliphatic rings. The highest BCUT2D eigenvalue weighted by atomic mass is 16.3. The largest absolute Gasteiger partial charge is 0.454 e. The van der Waals surface area contributed by atoms with Crippen molar-refractivity contribution in [1.82, 2.24) is 0 Å². The second-order valence-corrected chi connectivity index (χ2v) is 18.8. The molecule has 61 heavy (non-hydrogen) atoms. The Morgan fingerprint density at radius 2 is 0.902 bits per heavy atom. The number of fused-ring (bicyclic) bond motifs is 3. The number of furan rings is 1. The number of hydrogen-bond donors (Lipinski definition) is 0. The van der Waals surface area contributed by atoms with Gasteiger partial charge in [0.2, 0.25) is 0 Å². The van der Waals surface area contributed by atoms with Crippen LogP contribution in [0.15, 0.2) is 180 Å². The molecule has 3 nitrogen and oxygen atoms in total. The SMILES string of the molecule is c1ccc(N(c2ccccc2)c2ccc(C3(c4ccc(N(c5ccc(C6CCCCC6)cc5)c5cccc6c5oc5ccccc56)cc4)C4CC5CC(C4)CC3C5)cc2)cc1. The predicted octanol–water partition coefficient (Wildman–Crippen LogP) is 16.3. The molecule has 302 valence electrons. The van der Waals surface area contributed by atoms with E-state index in [2.05, 4.69) is 186 Å². The highest BCUT2D eigenvalue weighted by Crippen LogP contribution is 2.65. The zero-order valence-corrected chi connectivity index (χ0v) is 35.0. The van der Waals surface area contributed by atoms with Crippen LogP contribution in [0.1, 0.15) is 86.8 Å². The summed E-state index contributed by atoms with van der Waals surface area (Å²) in [6, 6.07) is 65.8. The van der Waals surface area contributed by atoms with Gasteiger partial charge in [-0.05, 0) is 164 Å². The lowest BCUT2D eigenvalue weighted by Gasteiger charge is -2.62. The normalized spacial score (nSPS) is 23.4. The Kier molecular flexibility index (Phi) is 9.12. The van der Waals surface area contributed by atoms with Crippen LogP contribution < -0.4 is 9.80 Å². The fraction of sp³-hybridized carbons (Fsp3) is 0.276. The molecule has 3 heteroatoms. The highest BCUT2D eigenvalue weighted by molar-refractivity contribution is 6.10. The van der Waals surface area contributed by atoms with E-state index in [-0.39, 0.29) is 5.41 Å². The molecule has 4 bridgehead atoms. The van der Waals surface area contributed by atoms with Gasteiger partial charge in [0.25, 0.3) is 0 Å². The number of nitrogens with zero attached hydrogens (tertiary/aromatic N) is 2. The van der Waals surface area contributed by atoms with Crippen molar-refractivity contribution in [2.24, 2.45) is 23.7 Å². The van der Waals surface area contributed by atoms with E-state index in [1.54, 1.807) is 0 Å². The maximum atomic E-state index is 6.72. The number of rotatable bonds is 9. The molecule has 0 unspecified atom stereocenters. The van der Waals surface area contributed by atoms with Crippen LogP contribution >= 0.6 is 0 Å². The van der Waals surface area contributed by atoms with Crippen LogP contribution in [0.5, 0.6) is 0 Å². The van der Waals surface area contributed by atoms with E-state index in [1.165, 1.54) is 104 Å². The number of para-hydroxylation sites is 4. The van der Waals surface area contributed by atoms with Crippen LogP contribution in [0, 0.1) is 23.7 Å². The van der Waals surface area contributed by atoms with Crippen LogP contribution in [-0.4, -0.2) is 0 Å². The summed E-state index contributed by atoms with van der Waals surface area (Å²) in [7, 11) is 0. The van der Waals surface area contributed by atoms with Crippen LogP contribution in [0.3, 0.4) is 0 Å². The van der Waals surface area contributed by atoms with Gasteiger partial charge in [0.1, 0.15) is 5.58 Å². The van der Waals surface area contributed by atoms with Crippen molar-refractivity contribution in [1.29, 1.82) is 0 Å². The molecule has 0 spiro atoms. The lowest BCUT2D eigenvalue weighted by molar-refractivity contribution is -0.0418. The molecule has 0 aliphatic heterocycles. The Morgan fingerprint density at radius 3 is 1.49 bits per heavy atom. The molecule has 5 aliphatic carbocycles. The fourth-order valence-corrected chi connectivity index (χ4v) is 13.1. The molecule has 0 N–H and O–H groups in total. The van der Waals surface area contributed by atoms with E-state index in [0.717, 1.165) is 45.1 Å². The summed E-state index contributed by atoms with van der Waals surface area (Å²) in [6.45, 7) is 0. The van der Waals surface area contributed by atoms with Crippen molar-refractivity contribution in [3.63, 3.8) is 0 Å². The average molecular weight is 795 g/mol. The van der Waals surface area contributed by atoms with Gasteiger partial charge in [0, 0.05) is 44.6 Å². The van der Waals surface area contributed by atoms with Gasteiger partial charge in [0.05, 0.1) is 5.69 Å². The minimum Gasteiger partial charge on any atom is -0.454 e. The molecule has 13 rings (SSSR count). The summed E-state index contributed by atoms with van der Waals surface area (Å²) in [5.41, 5.74) is 13.2. The van der Waals surface area contributed by atoms with E-state index in [9.17, 15) is 0 Å². The van der Waals surface area contributed by atoms with Gasteiger partial charge >= 0.3 is 0 Å². The Bertz CT molecular complexity index is 2710. The van der Waals surface area contributed by atoms with E-state index in [1.807, 2.05) is 0 Å². The molecule has 7 aromatic carbocycles. The molecule has 5 saturated carbocycles. The average Bonchev–Trinajstić information content (AvgIpc) is 3.71. The van der Waals surface area contributed by atoms with E-state index in [0.29, 0.717) is 17.8 Å². The van der Waals surface area contributed by atoms with Gasteiger partial charge < -0.3 is 14.2 Å². The zero-order chi connectivity index (χ0) is 40.3. The third-order valence-corrected chi connectivity index (χ3v) is 15.5. The van der Waals surface area contributed by atoms with Gasteiger partial charge in [-0.2, -0.15) is 0 Å². The van der Waals surface area contributed by atoms with Crippen LogP contribution in [0.2, 0.25) is 0 Å². The van der Waals surface area contributed by atoms with E-state index >= 15 is 0 Å². The van der Waals surface area contributed by atoms with Gasteiger partial charge in [-0.3, -0.25) is 0 Å². The monoisotopic (exact) mass is 794 g/mol. The van der Waals surface area contributed by atoms with E-state index < -0.39 is 0 Å². The van der Waals surface area contributed by atoms with Crippen molar-refractivity contribution >= 4 is 56.1 Å². The molecule has 0 amide bonds. The highest BCUT2D eigenvalue weighted by Gasteiger charge is 2.58. The third-order valence-electron chi connectivity index (χ3n) is 15.5. The molecule has 5 fully saturated rings. The minimum atomic E-state index is -0.0139. The maximum absolute atomic E-state index is 6.72. The first-order valence-corrected chi connectivity index (χ1v) is 23.1. The molecular formula is C58H54N2O. The van der Waals surface area contributed by atoms with Gasteiger partial charge in [0.15, 0.2) is 5.58 Å². The van der Waals surface area contributed by atoms with Gasteiger partial charge in [-0.1, -0.05) is 122 Å². The molecule has 0 saturated heterocycles. The number of hydrogen-bond acceptors (Lipinski definition) is 3. The first-order chi connectivity index (χ1) is 30.2. The van der Waals surface area contributed by atoms with Crippen LogP contribution in [-0.2, 0) is 5.41 Å². The third kappa shape index (κ3) is 6.22. The lowest BCUT2D eigenvalue weighted by atomic mass is 9.42. The van der Waals surface area contributed by atoms with Crippen LogP contribution in [0.4, 0.5) is 34.1 Å². The van der Waals surface area contributed by atoms with Crippen LogP contribution in [0.25, 0.3) is 21.9 Å². The summed E-state index contributed by atoms with van der Waals surface area (Å²) in [6.07, 6.45) is 13.4. The summed E-state index contributed by atoms with van der Waals surface area (Å²) in [5.74, 6) is 3.70. The quantitative estimate of drug-likeness (QED) is 0.145. The lowest BCUT2D eigenvalue weighted by Crippen LogP contribution is -2.56. The van der Waals surface area contributed by atoms with Crippen molar-refractivity contribution in [2.45, 2.75) is 75.5 Å². The first-order valence-electron chi connectivity index (χ1n) is 23.1. The molecule has 1 heterocycles. The smallest absolute Gasteiger partial charge is 0.159 e. The molecule has 0 atom stereocenters. The first kappa shape index (κ1) is 36.8. The molecule has 8 aromatic rings. The summed E-state index contributed by atoms with van der Waals surface area (Å²) in [5, 5.41) is 2.32. The maximum Gasteiger partial charge on any atom is 0.159 e. The Morgan fingerprint density at radius 1 is 0.410 bits per heavy atom. The van der Waals surface area contributed by atoms with Gasteiger partial charge in [-0.15, -0.1) is 0 Å². The van der Waals surface area contributed by atoms with Crippen molar-refractivity contribution < 1.29 is 4.42 Å². The number of benzene rings is 7. The van der Waals surface area contributed by atoms with E-state index in [4.69, 9.17) is 4.42 Å². The summed E-state index contributed by atoms with van der Waals surface area (Å²) in [4.78, 5) is 4.83. The standard InChI is InChI=1S/C58H54N2O/c1-4-13-42(14-5-1)43-23-29-51(30-24-43)60(55-21-12-20-54-53-19-10-11-22-56(53)61-57(54)55)52-33-27-45(28-34-52)58(46-36-40-35-41(38-46)39-47(58)37-40)44-25-31-50(32-26-44)59(48-15-6-2-7-16-48)49-17-8-3-9-18-49/h2-3,6-12,15-34,40-42,46-47H,1,4-5,13-14,35-39H2.